The second kappa shape index (κ2) is 10.3. The number of nitrogens with zero attached hydrogens (tertiary/aromatic N) is 2. The van der Waals surface area contributed by atoms with Gasteiger partial charge in [-0.1, -0.05) is 41.9 Å². The molecule has 0 saturated carbocycles. The van der Waals surface area contributed by atoms with E-state index < -0.39 is 17.7 Å². The zero-order valence-corrected chi connectivity index (χ0v) is 20.5. The number of benzene rings is 2. The summed E-state index contributed by atoms with van der Waals surface area (Å²) in [6.07, 6.45) is 0. The Hall–Kier alpha value is -2.64. The standard InChI is InChI=1S/C25H29BrN2O4/c1-5-27(6-2)12-13-28-22(17-8-7-9-19(26)15-17)21(24(30)25(28)31)23(29)18-10-11-20(32-4)16(3)14-18/h7-11,14-15,22,29H,5-6,12-13H2,1-4H3/b23-21+/t22-/m0/s1. The van der Waals surface area contributed by atoms with Gasteiger partial charge in [0, 0.05) is 23.1 Å². The van der Waals surface area contributed by atoms with Gasteiger partial charge < -0.3 is 19.6 Å². The molecule has 0 radical (unpaired) electrons. The molecular formula is C25H29BrN2O4. The quantitative estimate of drug-likeness (QED) is 0.327. The zero-order valence-electron chi connectivity index (χ0n) is 18.9. The Labute approximate surface area is 197 Å². The van der Waals surface area contributed by atoms with Gasteiger partial charge in [0.2, 0.25) is 0 Å². The fourth-order valence-electron chi connectivity index (χ4n) is 4.10. The number of likely N-dealkylation sites (tertiary alicyclic amines) is 1. The van der Waals surface area contributed by atoms with Gasteiger partial charge in [-0.15, -0.1) is 0 Å². The van der Waals surface area contributed by atoms with E-state index in [1.807, 2.05) is 31.2 Å². The molecule has 6 nitrogen and oxygen atoms in total. The predicted octanol–water partition coefficient (Wildman–Crippen LogP) is 4.53. The van der Waals surface area contributed by atoms with Crippen LogP contribution >= 0.6 is 15.9 Å². The van der Waals surface area contributed by atoms with Crippen LogP contribution in [0.4, 0.5) is 0 Å². The average molecular weight is 501 g/mol. The molecule has 3 rings (SSSR count). The van der Waals surface area contributed by atoms with Crippen molar-refractivity contribution >= 4 is 33.4 Å². The number of carbonyl (C=O) groups excluding carboxylic acids is 2. The minimum Gasteiger partial charge on any atom is -0.507 e. The number of methoxy groups -OCH3 is 1. The normalized spacial score (nSPS) is 17.9. The molecule has 0 unspecified atom stereocenters. The molecule has 1 N–H and O–H groups in total. The van der Waals surface area contributed by atoms with E-state index in [9.17, 15) is 14.7 Å². The first-order valence-corrected chi connectivity index (χ1v) is 11.5. The van der Waals surface area contributed by atoms with Crippen LogP contribution in [0.25, 0.3) is 5.76 Å². The van der Waals surface area contributed by atoms with Crippen LogP contribution in [0.3, 0.4) is 0 Å². The number of rotatable bonds is 8. The maximum absolute atomic E-state index is 13.1. The van der Waals surface area contributed by atoms with Crippen molar-refractivity contribution < 1.29 is 19.4 Å². The molecule has 32 heavy (non-hydrogen) atoms. The molecule has 1 amide bonds. The molecular weight excluding hydrogens is 472 g/mol. The number of aliphatic hydroxyl groups is 1. The Morgan fingerprint density at radius 1 is 1.16 bits per heavy atom. The number of hydrogen-bond acceptors (Lipinski definition) is 5. The summed E-state index contributed by atoms with van der Waals surface area (Å²) in [7, 11) is 1.58. The van der Waals surface area contributed by atoms with E-state index in [2.05, 4.69) is 34.7 Å². The largest absolute Gasteiger partial charge is 0.507 e. The highest BCUT2D eigenvalue weighted by Crippen LogP contribution is 2.40. The number of aliphatic hydroxyl groups excluding tert-OH is 1. The third kappa shape index (κ3) is 4.74. The molecule has 0 bridgehead atoms. The van der Waals surface area contributed by atoms with E-state index in [0.717, 1.165) is 28.7 Å². The fraction of sp³-hybridized carbons (Fsp3) is 0.360. The number of carbonyl (C=O) groups is 2. The maximum atomic E-state index is 13.1. The highest BCUT2D eigenvalue weighted by atomic mass is 79.9. The minimum absolute atomic E-state index is 0.109. The number of hydrogen-bond donors (Lipinski definition) is 1. The lowest BCUT2D eigenvalue weighted by molar-refractivity contribution is -0.140. The molecule has 0 aliphatic carbocycles. The van der Waals surface area contributed by atoms with Gasteiger partial charge in [-0.05, 0) is 61.5 Å². The second-order valence-electron chi connectivity index (χ2n) is 7.76. The molecule has 1 atom stereocenters. The van der Waals surface area contributed by atoms with E-state index in [-0.39, 0.29) is 11.3 Å². The Bertz CT molecular complexity index is 1050. The van der Waals surface area contributed by atoms with E-state index in [1.165, 1.54) is 0 Å². The number of ketones is 1. The first-order valence-electron chi connectivity index (χ1n) is 10.7. The zero-order chi connectivity index (χ0) is 23.4. The Morgan fingerprint density at radius 3 is 2.47 bits per heavy atom. The first-order chi connectivity index (χ1) is 15.3. The number of likely N-dealkylation sites (N-methyl/N-ethyl adjacent to an activating group) is 1. The van der Waals surface area contributed by atoms with Crippen LogP contribution in [-0.4, -0.2) is 59.9 Å². The fourth-order valence-corrected chi connectivity index (χ4v) is 4.52. The van der Waals surface area contributed by atoms with Gasteiger partial charge in [0.05, 0.1) is 18.7 Å². The summed E-state index contributed by atoms with van der Waals surface area (Å²) in [5, 5.41) is 11.2. The van der Waals surface area contributed by atoms with Crippen molar-refractivity contribution in [1.82, 2.24) is 9.80 Å². The number of amides is 1. The van der Waals surface area contributed by atoms with Crippen LogP contribution in [0.5, 0.6) is 5.75 Å². The molecule has 170 valence electrons. The first kappa shape index (κ1) is 24.0. The van der Waals surface area contributed by atoms with Crippen LogP contribution in [0.2, 0.25) is 0 Å². The Kier molecular flexibility index (Phi) is 7.74. The Balaban J connectivity index is 2.12. The highest BCUT2D eigenvalue weighted by molar-refractivity contribution is 9.10. The van der Waals surface area contributed by atoms with Gasteiger partial charge in [0.1, 0.15) is 11.5 Å². The molecule has 1 saturated heterocycles. The third-order valence-electron chi connectivity index (χ3n) is 5.92. The van der Waals surface area contributed by atoms with Crippen LogP contribution in [0, 0.1) is 6.92 Å². The van der Waals surface area contributed by atoms with Crippen molar-refractivity contribution in [2.45, 2.75) is 26.8 Å². The number of ether oxygens (including phenoxy) is 1. The minimum atomic E-state index is -0.666. The molecule has 1 heterocycles. The average Bonchev–Trinajstić information content (AvgIpc) is 3.04. The van der Waals surface area contributed by atoms with Crippen molar-refractivity contribution in [2.75, 3.05) is 33.3 Å². The lowest BCUT2D eigenvalue weighted by Gasteiger charge is -2.28. The molecule has 1 fully saturated rings. The maximum Gasteiger partial charge on any atom is 0.295 e. The van der Waals surface area contributed by atoms with Crippen molar-refractivity contribution in [1.29, 1.82) is 0 Å². The van der Waals surface area contributed by atoms with Gasteiger partial charge in [0.15, 0.2) is 0 Å². The van der Waals surface area contributed by atoms with Crippen molar-refractivity contribution in [3.05, 3.63) is 69.2 Å². The smallest absolute Gasteiger partial charge is 0.295 e. The molecule has 7 heteroatoms. The van der Waals surface area contributed by atoms with Crippen molar-refractivity contribution in [2.24, 2.45) is 0 Å². The van der Waals surface area contributed by atoms with Crippen molar-refractivity contribution in [3.63, 3.8) is 0 Å². The van der Waals surface area contributed by atoms with Gasteiger partial charge in [-0.3, -0.25) is 9.59 Å². The molecule has 1 aliphatic heterocycles. The molecule has 2 aromatic rings. The van der Waals surface area contributed by atoms with E-state index in [1.54, 1.807) is 30.2 Å². The number of aryl methyl sites for hydroxylation is 1. The lowest BCUT2D eigenvalue weighted by atomic mass is 9.95. The van der Waals surface area contributed by atoms with E-state index in [0.29, 0.717) is 24.4 Å². The summed E-state index contributed by atoms with van der Waals surface area (Å²) in [4.78, 5) is 30.0. The monoisotopic (exact) mass is 500 g/mol. The van der Waals surface area contributed by atoms with Crippen molar-refractivity contribution in [3.8, 4) is 5.75 Å². The number of Topliss-reactive ketones (excluding diaryl/α,β-unsaturated/α-hetero) is 1. The summed E-state index contributed by atoms with van der Waals surface area (Å²) in [6, 6.07) is 12.0. The number of halogens is 1. The molecule has 0 spiro atoms. The van der Waals surface area contributed by atoms with Gasteiger partial charge in [0.25, 0.3) is 11.7 Å². The van der Waals surface area contributed by atoms with E-state index >= 15 is 0 Å². The van der Waals surface area contributed by atoms with Crippen LogP contribution in [-0.2, 0) is 9.59 Å². The Morgan fingerprint density at radius 2 is 1.88 bits per heavy atom. The summed E-state index contributed by atoms with van der Waals surface area (Å²) in [6.45, 7) is 8.74. The molecule has 1 aliphatic rings. The summed E-state index contributed by atoms with van der Waals surface area (Å²) in [5.41, 5.74) is 2.18. The van der Waals surface area contributed by atoms with Crippen LogP contribution in [0.1, 0.15) is 36.6 Å². The summed E-state index contributed by atoms with van der Waals surface area (Å²) in [5.74, 6) is -0.747. The SMILES string of the molecule is CCN(CC)CCN1C(=O)C(=O)/C(=C(/O)c2ccc(OC)c(C)c2)[C@@H]1c1cccc(Br)c1. The topological polar surface area (TPSA) is 70.1 Å². The predicted molar refractivity (Wildman–Crippen MR) is 129 cm³/mol. The highest BCUT2D eigenvalue weighted by Gasteiger charge is 2.46. The molecule has 0 aromatic heterocycles. The summed E-state index contributed by atoms with van der Waals surface area (Å²) < 4.78 is 6.14. The molecule has 2 aromatic carbocycles. The third-order valence-corrected chi connectivity index (χ3v) is 6.42. The summed E-state index contributed by atoms with van der Waals surface area (Å²) >= 11 is 3.48. The van der Waals surface area contributed by atoms with E-state index in [4.69, 9.17) is 4.74 Å². The van der Waals surface area contributed by atoms with Gasteiger partial charge in [-0.2, -0.15) is 0 Å². The van der Waals surface area contributed by atoms with Crippen LogP contribution < -0.4 is 4.74 Å². The van der Waals surface area contributed by atoms with Gasteiger partial charge >= 0.3 is 0 Å². The second-order valence-corrected chi connectivity index (χ2v) is 8.67. The lowest BCUT2D eigenvalue weighted by Crippen LogP contribution is -2.38. The van der Waals surface area contributed by atoms with Crippen LogP contribution in [0.15, 0.2) is 52.5 Å². The van der Waals surface area contributed by atoms with Gasteiger partial charge in [-0.25, -0.2) is 0 Å².